The van der Waals surface area contributed by atoms with Crippen molar-refractivity contribution in [1.29, 1.82) is 0 Å². The van der Waals surface area contributed by atoms with Gasteiger partial charge in [-0.05, 0) is 35.9 Å². The molecule has 1 aliphatic rings. The van der Waals surface area contributed by atoms with Crippen molar-refractivity contribution in [2.75, 3.05) is 11.9 Å². The van der Waals surface area contributed by atoms with Gasteiger partial charge in [-0.1, -0.05) is 48.0 Å². The Hall–Kier alpha value is -4.62. The van der Waals surface area contributed by atoms with Crippen LogP contribution in [0.2, 0.25) is 5.02 Å². The van der Waals surface area contributed by atoms with E-state index in [9.17, 15) is 33.0 Å². The molecule has 40 heavy (non-hydrogen) atoms. The number of aromatic nitrogens is 2. The maximum atomic E-state index is 13.3. The second-order valence-electron chi connectivity index (χ2n) is 8.68. The molecule has 1 aliphatic heterocycles. The minimum Gasteiger partial charge on any atom is -0.475 e. The van der Waals surface area contributed by atoms with E-state index in [2.05, 4.69) is 9.97 Å². The monoisotopic (exact) mass is 576 g/mol. The number of benzene rings is 3. The smallest absolute Gasteiger partial charge is 0.475 e. The summed E-state index contributed by atoms with van der Waals surface area (Å²) in [5.41, 5.74) is 1.40. The Balaban J connectivity index is 0.000000470. The molecule has 0 saturated carbocycles. The number of amides is 2. The van der Waals surface area contributed by atoms with Crippen molar-refractivity contribution in [3.63, 3.8) is 0 Å². The highest BCUT2D eigenvalue weighted by Crippen LogP contribution is 2.43. The Morgan fingerprint density at radius 3 is 2.38 bits per heavy atom. The highest BCUT2D eigenvalue weighted by molar-refractivity contribution is 6.30. The Morgan fingerprint density at radius 2 is 1.75 bits per heavy atom. The third-order valence-corrected chi connectivity index (χ3v) is 6.35. The lowest BCUT2D eigenvalue weighted by atomic mass is 9.93. The molecule has 0 aliphatic carbocycles. The van der Waals surface area contributed by atoms with Crippen molar-refractivity contribution in [3.8, 4) is 0 Å². The first kappa shape index (κ1) is 28.4. The van der Waals surface area contributed by atoms with Crippen LogP contribution in [0.3, 0.4) is 0 Å². The van der Waals surface area contributed by atoms with Gasteiger partial charge < -0.3 is 20.3 Å². The van der Waals surface area contributed by atoms with Gasteiger partial charge in [0, 0.05) is 35.3 Å². The number of aliphatic carboxylic acids is 1. The number of halogens is 4. The zero-order valence-electron chi connectivity index (χ0n) is 20.5. The van der Waals surface area contributed by atoms with Crippen molar-refractivity contribution in [2.24, 2.45) is 0 Å². The first-order valence-corrected chi connectivity index (χ1v) is 11.8. The van der Waals surface area contributed by atoms with Crippen LogP contribution in [0.15, 0.2) is 66.7 Å². The molecule has 0 saturated heterocycles. The number of anilines is 1. The predicted octanol–water partition coefficient (Wildman–Crippen LogP) is 4.81. The summed E-state index contributed by atoms with van der Waals surface area (Å²) in [5, 5.41) is 29.0. The van der Waals surface area contributed by atoms with Crippen LogP contribution in [-0.4, -0.2) is 61.4 Å². The van der Waals surface area contributed by atoms with Crippen LogP contribution >= 0.6 is 11.6 Å². The highest BCUT2D eigenvalue weighted by atomic mass is 35.5. The van der Waals surface area contributed by atoms with Crippen molar-refractivity contribution >= 4 is 46.6 Å². The Bertz CT molecular complexity index is 1630. The van der Waals surface area contributed by atoms with Crippen LogP contribution in [0.25, 0.3) is 11.0 Å². The molecule has 0 bridgehead atoms. The molecule has 3 aromatic carbocycles. The van der Waals surface area contributed by atoms with Crippen LogP contribution < -0.4 is 4.90 Å². The molecule has 2 heterocycles. The number of hydrogen-bond donors (Lipinski definition) is 4. The Kier molecular flexibility index (Phi) is 7.46. The van der Waals surface area contributed by atoms with E-state index in [0.717, 1.165) is 10.5 Å². The van der Waals surface area contributed by atoms with Crippen LogP contribution in [0, 0.1) is 0 Å². The zero-order chi connectivity index (χ0) is 29.4. The second kappa shape index (κ2) is 10.5. The second-order valence-corrected chi connectivity index (χ2v) is 9.11. The number of aliphatic hydroxyl groups is 1. The fourth-order valence-electron chi connectivity index (χ4n) is 4.19. The first-order valence-electron chi connectivity index (χ1n) is 11.4. The summed E-state index contributed by atoms with van der Waals surface area (Å²) in [5.74, 6) is -2.91. The number of rotatable bonds is 4. The Morgan fingerprint density at radius 1 is 1.07 bits per heavy atom. The van der Waals surface area contributed by atoms with E-state index in [4.69, 9.17) is 21.5 Å². The normalized spacial score (nSPS) is 16.4. The number of carbonyl (C=O) groups is 3. The maximum absolute atomic E-state index is 13.3. The minimum atomic E-state index is -5.08. The number of aromatic amines is 1. The van der Waals surface area contributed by atoms with Gasteiger partial charge in [-0.25, -0.2) is 14.6 Å². The predicted molar refractivity (Wildman–Crippen MR) is 137 cm³/mol. The van der Waals surface area contributed by atoms with Gasteiger partial charge in [0.05, 0.1) is 11.0 Å². The van der Waals surface area contributed by atoms with Crippen LogP contribution in [0.4, 0.5) is 23.9 Å². The number of nitrogens with zero attached hydrogens (tertiary/aromatic N) is 3. The summed E-state index contributed by atoms with van der Waals surface area (Å²) in [4.78, 5) is 43.2. The van der Waals surface area contributed by atoms with E-state index in [1.807, 2.05) is 6.07 Å². The molecule has 10 nitrogen and oxygen atoms in total. The van der Waals surface area contributed by atoms with Gasteiger partial charge in [0.2, 0.25) is 5.95 Å². The third-order valence-electron chi connectivity index (χ3n) is 6.12. The molecule has 0 fully saturated rings. The summed E-state index contributed by atoms with van der Waals surface area (Å²) in [6.07, 6.45) is -6.24. The van der Waals surface area contributed by atoms with Crippen molar-refractivity contribution < 1.29 is 42.9 Å². The van der Waals surface area contributed by atoms with Crippen LogP contribution in [-0.2, 0) is 17.1 Å². The largest absolute Gasteiger partial charge is 0.490 e. The molecule has 0 spiro atoms. The van der Waals surface area contributed by atoms with Crippen LogP contribution in [0.1, 0.15) is 27.0 Å². The fourth-order valence-corrected chi connectivity index (χ4v) is 4.40. The lowest BCUT2D eigenvalue weighted by Gasteiger charge is -2.35. The molecule has 1 atom stereocenters. The average Bonchev–Trinajstić information content (AvgIpc) is 3.42. The van der Waals surface area contributed by atoms with E-state index in [1.165, 1.54) is 11.9 Å². The number of carboxylic acid groups (broad SMARTS) is 2. The lowest BCUT2D eigenvalue weighted by Crippen LogP contribution is -2.44. The molecular weight excluding hydrogens is 557 g/mol. The highest BCUT2D eigenvalue weighted by Gasteiger charge is 2.49. The third kappa shape index (κ3) is 5.28. The summed E-state index contributed by atoms with van der Waals surface area (Å²) < 4.78 is 31.7. The van der Waals surface area contributed by atoms with Crippen molar-refractivity contribution in [3.05, 3.63) is 94.0 Å². The van der Waals surface area contributed by atoms with E-state index in [1.54, 1.807) is 60.7 Å². The molecule has 2 amide bonds. The fraction of sp³-hybridized carbons (Fsp3) is 0.154. The number of fused-ring (bicyclic) bond motifs is 2. The van der Waals surface area contributed by atoms with E-state index in [0.29, 0.717) is 32.7 Å². The van der Waals surface area contributed by atoms with Gasteiger partial charge in [0.1, 0.15) is 0 Å². The van der Waals surface area contributed by atoms with Gasteiger partial charge in [0.15, 0.2) is 5.72 Å². The first-order chi connectivity index (χ1) is 18.7. The molecule has 4 aromatic rings. The van der Waals surface area contributed by atoms with Gasteiger partial charge in [-0.15, -0.1) is 0 Å². The quantitative estimate of drug-likeness (QED) is 0.272. The molecule has 1 unspecified atom stereocenters. The minimum absolute atomic E-state index is 0.135. The Labute approximate surface area is 228 Å². The van der Waals surface area contributed by atoms with E-state index in [-0.39, 0.29) is 18.4 Å². The number of H-pyrrole nitrogens is 1. The lowest BCUT2D eigenvalue weighted by molar-refractivity contribution is -0.192. The number of carbonyl (C=O) groups excluding carboxylic acids is 1. The number of nitrogens with one attached hydrogen (secondary N) is 1. The molecule has 14 heteroatoms. The maximum Gasteiger partial charge on any atom is 0.490 e. The zero-order valence-corrected chi connectivity index (χ0v) is 21.2. The number of carboxylic acids is 1. The van der Waals surface area contributed by atoms with Crippen molar-refractivity contribution in [2.45, 2.75) is 18.4 Å². The molecule has 4 N–H and O–H groups in total. The number of imidazole rings is 1. The average molecular weight is 577 g/mol. The van der Waals surface area contributed by atoms with Gasteiger partial charge in [-0.3, -0.25) is 14.6 Å². The van der Waals surface area contributed by atoms with Crippen molar-refractivity contribution in [1.82, 2.24) is 14.9 Å². The van der Waals surface area contributed by atoms with Crippen LogP contribution in [0.5, 0.6) is 0 Å². The SMILES string of the molecule is CN(C(=O)O)c1nc2cc(C3(O)c4ccccc4C(=O)N3Cc3cccc(Cl)c3)ccc2[nH]1.O=C(O)C(F)(F)F. The number of alkyl halides is 3. The van der Waals surface area contributed by atoms with E-state index >= 15 is 0 Å². The molecule has 208 valence electrons. The molecule has 5 rings (SSSR count). The molecule has 0 radical (unpaired) electrons. The summed E-state index contributed by atoms with van der Waals surface area (Å²) >= 11 is 6.14. The molecular formula is C26H20ClF3N4O6. The van der Waals surface area contributed by atoms with E-state index < -0.39 is 24.0 Å². The molecule has 1 aromatic heterocycles. The van der Waals surface area contributed by atoms with Gasteiger partial charge in [0.25, 0.3) is 5.91 Å². The summed E-state index contributed by atoms with van der Waals surface area (Å²) in [7, 11) is 1.38. The summed E-state index contributed by atoms with van der Waals surface area (Å²) in [6, 6.07) is 19.1. The topological polar surface area (TPSA) is 147 Å². The van der Waals surface area contributed by atoms with Gasteiger partial charge in [-0.2, -0.15) is 13.2 Å². The van der Waals surface area contributed by atoms with Gasteiger partial charge >= 0.3 is 18.2 Å². The summed E-state index contributed by atoms with van der Waals surface area (Å²) in [6.45, 7) is 0.135. The number of hydrogen-bond acceptors (Lipinski definition) is 5. The standard InChI is InChI=1S/C24H19ClN4O4.C2HF3O2/c1-28(23(31)32)22-26-19-10-9-15(12-20(19)27-22)24(33)18-8-3-2-7-17(18)21(30)29(24)13-14-5-4-6-16(25)11-14;3-2(4,5)1(6)7/h2-12,33H,13H2,1H3,(H,26,27)(H,31,32);(H,6,7).